The molecule has 2 aromatic rings. The van der Waals surface area contributed by atoms with E-state index >= 15 is 0 Å². The predicted molar refractivity (Wildman–Crippen MR) is 93.6 cm³/mol. The first-order valence-electron chi connectivity index (χ1n) is 8.11. The number of hydrogen-bond acceptors (Lipinski definition) is 6. The fourth-order valence-electron chi connectivity index (χ4n) is 2.97. The van der Waals surface area contributed by atoms with E-state index in [-0.39, 0.29) is 35.8 Å². The second-order valence-electron chi connectivity index (χ2n) is 6.13. The molecule has 2 atom stereocenters. The van der Waals surface area contributed by atoms with E-state index in [1.807, 2.05) is 4.90 Å². The Hall–Kier alpha value is -2.62. The molecule has 1 saturated heterocycles. The molecule has 2 heterocycles. The van der Waals surface area contributed by atoms with Gasteiger partial charge in [0.1, 0.15) is 5.82 Å². The van der Waals surface area contributed by atoms with Crippen LogP contribution < -0.4 is 16.6 Å². The molecule has 1 fully saturated rings. The smallest absolute Gasteiger partial charge is 0.273 e. The minimum absolute atomic E-state index is 0.0487. The number of carbonyl (C=O) groups excluding carboxylic acids is 1. The van der Waals surface area contributed by atoms with Gasteiger partial charge in [0.25, 0.3) is 5.56 Å². The summed E-state index contributed by atoms with van der Waals surface area (Å²) in [6.07, 6.45) is 3.90. The maximum absolute atomic E-state index is 14.3. The zero-order chi connectivity index (χ0) is 18.7. The van der Waals surface area contributed by atoms with E-state index in [2.05, 4.69) is 10.3 Å². The van der Waals surface area contributed by atoms with Crippen molar-refractivity contribution in [1.29, 1.82) is 0 Å². The fourth-order valence-corrected chi connectivity index (χ4v) is 2.97. The van der Waals surface area contributed by atoms with E-state index in [1.54, 1.807) is 13.2 Å². The topological polar surface area (TPSA) is 102 Å². The molecule has 0 spiro atoms. The first-order chi connectivity index (χ1) is 12.5. The van der Waals surface area contributed by atoms with Gasteiger partial charge in [-0.05, 0) is 12.1 Å². The van der Waals surface area contributed by atoms with Crippen LogP contribution in [0.2, 0.25) is 0 Å². The summed E-state index contributed by atoms with van der Waals surface area (Å²) in [5.41, 5.74) is 5.95. The van der Waals surface area contributed by atoms with Gasteiger partial charge in [0.2, 0.25) is 5.91 Å². The highest BCUT2D eigenvalue weighted by molar-refractivity contribution is 5.92. The summed E-state index contributed by atoms with van der Waals surface area (Å²) >= 11 is 0. The van der Waals surface area contributed by atoms with E-state index in [1.165, 1.54) is 29.1 Å². The molecule has 0 radical (unpaired) electrons. The van der Waals surface area contributed by atoms with Gasteiger partial charge in [-0.25, -0.2) is 4.39 Å². The summed E-state index contributed by atoms with van der Waals surface area (Å²) in [5, 5.41) is 2.54. The Balaban J connectivity index is 1.66. The number of ether oxygens (including phenoxy) is 1. The van der Waals surface area contributed by atoms with Gasteiger partial charge in [-0.3, -0.25) is 24.0 Å². The molecule has 0 saturated carbocycles. The molecule has 3 N–H and O–H groups in total. The summed E-state index contributed by atoms with van der Waals surface area (Å²) < 4.78 is 20.8. The number of benzene rings is 1. The van der Waals surface area contributed by atoms with Crippen molar-refractivity contribution in [3.63, 3.8) is 0 Å². The molecule has 1 aromatic carbocycles. The first kappa shape index (κ1) is 18.2. The van der Waals surface area contributed by atoms with Crippen molar-refractivity contribution in [2.24, 2.45) is 5.73 Å². The maximum atomic E-state index is 14.3. The number of hydrogen-bond donors (Lipinski definition) is 2. The van der Waals surface area contributed by atoms with E-state index in [9.17, 15) is 14.0 Å². The lowest BCUT2D eigenvalue weighted by atomic mass is 10.2. The van der Waals surface area contributed by atoms with Gasteiger partial charge in [0.05, 0.1) is 30.2 Å². The second kappa shape index (κ2) is 7.73. The molecule has 1 amide bonds. The van der Waals surface area contributed by atoms with Gasteiger partial charge in [0.15, 0.2) is 0 Å². The monoisotopic (exact) mass is 361 g/mol. The lowest BCUT2D eigenvalue weighted by Gasteiger charge is -2.15. The molecule has 1 aliphatic heterocycles. The number of carbonyl (C=O) groups is 1. The number of nitrogens with one attached hydrogen (secondary N) is 1. The summed E-state index contributed by atoms with van der Waals surface area (Å²) in [6.45, 7) is 1.19. The number of likely N-dealkylation sites (tertiary alicyclic amines) is 1. The van der Waals surface area contributed by atoms with Crippen LogP contribution in [0.15, 0.2) is 41.6 Å². The molecule has 0 unspecified atom stereocenters. The largest absolute Gasteiger partial charge is 0.378 e. The van der Waals surface area contributed by atoms with Gasteiger partial charge in [-0.2, -0.15) is 0 Å². The van der Waals surface area contributed by atoms with Crippen molar-refractivity contribution in [3.8, 4) is 5.69 Å². The van der Waals surface area contributed by atoms with Crippen LogP contribution in [0.1, 0.15) is 0 Å². The summed E-state index contributed by atoms with van der Waals surface area (Å²) in [7, 11) is 1.58. The highest BCUT2D eigenvalue weighted by Gasteiger charge is 2.31. The molecule has 9 heteroatoms. The van der Waals surface area contributed by atoms with Crippen LogP contribution in [0.25, 0.3) is 5.69 Å². The number of amides is 1. The molecule has 26 heavy (non-hydrogen) atoms. The molecular weight excluding hydrogens is 341 g/mol. The van der Waals surface area contributed by atoms with Crippen molar-refractivity contribution in [3.05, 3.63) is 53.0 Å². The zero-order valence-electron chi connectivity index (χ0n) is 14.3. The third kappa shape index (κ3) is 3.96. The third-order valence-corrected chi connectivity index (χ3v) is 4.28. The van der Waals surface area contributed by atoms with Crippen LogP contribution in [-0.2, 0) is 9.53 Å². The summed E-state index contributed by atoms with van der Waals surface area (Å²) in [6, 6.07) is 4.00. The van der Waals surface area contributed by atoms with Gasteiger partial charge < -0.3 is 15.8 Å². The zero-order valence-corrected chi connectivity index (χ0v) is 14.3. The molecule has 1 aromatic heterocycles. The average Bonchev–Trinajstić information content (AvgIpc) is 2.96. The highest BCUT2D eigenvalue weighted by atomic mass is 19.1. The Morgan fingerprint density at radius 1 is 1.46 bits per heavy atom. The molecule has 1 aliphatic rings. The van der Waals surface area contributed by atoms with Gasteiger partial charge in [-0.15, -0.1) is 0 Å². The van der Waals surface area contributed by atoms with Gasteiger partial charge >= 0.3 is 0 Å². The quantitative estimate of drug-likeness (QED) is 0.775. The van der Waals surface area contributed by atoms with E-state index in [4.69, 9.17) is 10.5 Å². The standard InChI is InChI=1S/C17H20FN5O3/c1-26-15-9-22(8-13(15)19)10-16(24)21-14-3-2-11(6-12(14)18)23-5-4-20-7-17(23)25/h2-7,13,15H,8-10,19H2,1H3,(H,21,24)/t13-,15-/m0/s1. The number of anilines is 1. The molecule has 138 valence electrons. The highest BCUT2D eigenvalue weighted by Crippen LogP contribution is 2.18. The lowest BCUT2D eigenvalue weighted by Crippen LogP contribution is -2.34. The fraction of sp³-hybridized carbons (Fsp3) is 0.353. The van der Waals surface area contributed by atoms with Crippen LogP contribution in [0.4, 0.5) is 10.1 Å². The molecule has 0 bridgehead atoms. The SMILES string of the molecule is CO[C@H]1CN(CC(=O)Nc2ccc(-n3ccncc3=O)cc2F)C[C@@H]1N. The Bertz CT molecular complexity index is 856. The molecule has 8 nitrogen and oxygen atoms in total. The molecule has 3 rings (SSSR count). The first-order valence-corrected chi connectivity index (χ1v) is 8.11. The van der Waals surface area contributed by atoms with Gasteiger partial charge in [0, 0.05) is 44.7 Å². The molecular formula is C17H20FN5O3. The minimum Gasteiger partial charge on any atom is -0.378 e. The number of halogens is 1. The van der Waals surface area contributed by atoms with Crippen LogP contribution in [0, 0.1) is 5.82 Å². The van der Waals surface area contributed by atoms with Crippen molar-refractivity contribution in [1.82, 2.24) is 14.5 Å². The Kier molecular flexibility index (Phi) is 5.40. The number of rotatable bonds is 5. The minimum atomic E-state index is -0.632. The van der Waals surface area contributed by atoms with Gasteiger partial charge in [-0.1, -0.05) is 0 Å². The summed E-state index contributed by atoms with van der Waals surface area (Å²) in [4.78, 5) is 29.5. The number of aromatic nitrogens is 2. The Morgan fingerprint density at radius 2 is 2.27 bits per heavy atom. The number of methoxy groups -OCH3 is 1. The second-order valence-corrected chi connectivity index (χ2v) is 6.13. The maximum Gasteiger partial charge on any atom is 0.273 e. The number of nitrogens with zero attached hydrogens (tertiary/aromatic N) is 3. The van der Waals surface area contributed by atoms with E-state index < -0.39 is 5.82 Å². The van der Waals surface area contributed by atoms with E-state index in [0.717, 1.165) is 6.20 Å². The Labute approximate surface area is 149 Å². The number of nitrogens with two attached hydrogens (primary N) is 1. The van der Waals surface area contributed by atoms with Crippen molar-refractivity contribution >= 4 is 11.6 Å². The van der Waals surface area contributed by atoms with Crippen molar-refractivity contribution in [2.45, 2.75) is 12.1 Å². The third-order valence-electron chi connectivity index (χ3n) is 4.28. The Morgan fingerprint density at radius 3 is 2.92 bits per heavy atom. The predicted octanol–water partition coefficient (Wildman–Crippen LogP) is -0.0320. The van der Waals surface area contributed by atoms with Crippen LogP contribution in [0.5, 0.6) is 0 Å². The van der Waals surface area contributed by atoms with E-state index in [0.29, 0.717) is 18.8 Å². The normalized spacial score (nSPS) is 20.3. The van der Waals surface area contributed by atoms with Crippen molar-refractivity contribution in [2.75, 3.05) is 32.1 Å². The lowest BCUT2D eigenvalue weighted by molar-refractivity contribution is -0.117. The van der Waals surface area contributed by atoms with Crippen LogP contribution in [-0.4, -0.2) is 59.2 Å². The van der Waals surface area contributed by atoms with Crippen LogP contribution >= 0.6 is 0 Å². The van der Waals surface area contributed by atoms with Crippen molar-refractivity contribution < 1.29 is 13.9 Å². The average molecular weight is 361 g/mol. The van der Waals surface area contributed by atoms with Crippen LogP contribution in [0.3, 0.4) is 0 Å². The summed E-state index contributed by atoms with van der Waals surface area (Å²) in [5.74, 6) is -0.978. The molecule has 0 aliphatic carbocycles.